The first kappa shape index (κ1) is 20.5. The highest BCUT2D eigenvalue weighted by atomic mass is 32.1. The number of carbonyl (C=O) groups excluding carboxylic acids is 1. The molecular weight excluding hydrogens is 376 g/mol. The van der Waals surface area contributed by atoms with E-state index in [4.69, 9.17) is 14.2 Å². The van der Waals surface area contributed by atoms with Gasteiger partial charge in [0, 0.05) is 17.8 Å². The molecule has 0 aliphatic heterocycles. The normalized spacial score (nSPS) is 13.5. The zero-order chi connectivity index (χ0) is 20.1. The number of ether oxygens (including phenoxy) is 3. The van der Waals surface area contributed by atoms with E-state index in [0.717, 1.165) is 30.1 Å². The Morgan fingerprint density at radius 3 is 2.50 bits per heavy atom. The lowest BCUT2D eigenvalue weighted by molar-refractivity contribution is -0.133. The van der Waals surface area contributed by atoms with Gasteiger partial charge in [-0.15, -0.1) is 11.3 Å². The van der Waals surface area contributed by atoms with Crippen molar-refractivity contribution in [3.63, 3.8) is 0 Å². The van der Waals surface area contributed by atoms with E-state index in [1.54, 1.807) is 14.2 Å². The lowest BCUT2D eigenvalue weighted by Crippen LogP contribution is -2.34. The second kappa shape index (κ2) is 9.28. The van der Waals surface area contributed by atoms with E-state index in [2.05, 4.69) is 18.8 Å². The summed E-state index contributed by atoms with van der Waals surface area (Å²) in [6.07, 6.45) is 2.04. The molecule has 1 heterocycles. The van der Waals surface area contributed by atoms with E-state index in [0.29, 0.717) is 36.3 Å². The van der Waals surface area contributed by atoms with E-state index >= 15 is 0 Å². The van der Waals surface area contributed by atoms with E-state index in [1.165, 1.54) is 11.3 Å². The molecule has 1 amide bonds. The maximum absolute atomic E-state index is 12.6. The number of rotatable bonds is 10. The van der Waals surface area contributed by atoms with Crippen molar-refractivity contribution >= 4 is 17.2 Å². The van der Waals surface area contributed by atoms with Crippen LogP contribution in [-0.4, -0.2) is 36.6 Å². The standard InChI is InChI=1S/C21H28N2O4S/c1-14(2)10-23(21(24)15-8-9-15)11-16-13-28-19(22-16)12-27-20-17(25-3)6-5-7-18(20)26-4/h5-7,13-15H,8-12H2,1-4H3. The predicted octanol–water partition coefficient (Wildman–Crippen LogP) is 4.13. The molecule has 2 aromatic rings. The number of hydrogen-bond donors (Lipinski definition) is 0. The fourth-order valence-corrected chi connectivity index (χ4v) is 3.73. The highest BCUT2D eigenvalue weighted by Crippen LogP contribution is 2.37. The number of amides is 1. The van der Waals surface area contributed by atoms with Crippen LogP contribution >= 0.6 is 11.3 Å². The summed E-state index contributed by atoms with van der Waals surface area (Å²) in [6, 6.07) is 5.52. The first-order chi connectivity index (χ1) is 13.5. The summed E-state index contributed by atoms with van der Waals surface area (Å²) in [7, 11) is 3.20. The molecule has 28 heavy (non-hydrogen) atoms. The Kier molecular flexibility index (Phi) is 6.78. The lowest BCUT2D eigenvalue weighted by atomic mass is 10.2. The molecule has 1 aliphatic rings. The molecule has 7 heteroatoms. The van der Waals surface area contributed by atoms with Crippen LogP contribution in [0.3, 0.4) is 0 Å². The zero-order valence-corrected chi connectivity index (χ0v) is 17.8. The van der Waals surface area contributed by atoms with Gasteiger partial charge in [-0.3, -0.25) is 4.79 Å². The van der Waals surface area contributed by atoms with Crippen molar-refractivity contribution in [1.29, 1.82) is 0 Å². The van der Waals surface area contributed by atoms with Gasteiger partial charge >= 0.3 is 0 Å². The second-order valence-corrected chi connectivity index (χ2v) is 8.34. The third-order valence-electron chi connectivity index (χ3n) is 4.50. The first-order valence-electron chi connectivity index (χ1n) is 9.57. The Morgan fingerprint density at radius 1 is 1.25 bits per heavy atom. The number of methoxy groups -OCH3 is 2. The van der Waals surface area contributed by atoms with Crippen molar-refractivity contribution in [2.24, 2.45) is 11.8 Å². The highest BCUT2D eigenvalue weighted by molar-refractivity contribution is 7.09. The number of para-hydroxylation sites is 1. The van der Waals surface area contributed by atoms with Gasteiger partial charge in [0.1, 0.15) is 11.6 Å². The molecule has 0 N–H and O–H groups in total. The number of hydrogen-bond acceptors (Lipinski definition) is 6. The largest absolute Gasteiger partial charge is 0.493 e. The number of aromatic nitrogens is 1. The Bertz CT molecular complexity index is 779. The van der Waals surface area contributed by atoms with Gasteiger partial charge < -0.3 is 19.1 Å². The summed E-state index contributed by atoms with van der Waals surface area (Å²) >= 11 is 1.54. The second-order valence-electron chi connectivity index (χ2n) is 7.40. The summed E-state index contributed by atoms with van der Waals surface area (Å²) < 4.78 is 16.7. The van der Waals surface area contributed by atoms with Gasteiger partial charge in [-0.2, -0.15) is 0 Å². The van der Waals surface area contributed by atoms with Crippen LogP contribution in [0, 0.1) is 11.8 Å². The van der Waals surface area contributed by atoms with Gasteiger partial charge in [0.25, 0.3) is 0 Å². The van der Waals surface area contributed by atoms with Crippen LogP contribution in [0.5, 0.6) is 17.2 Å². The fraction of sp³-hybridized carbons (Fsp3) is 0.524. The summed E-state index contributed by atoms with van der Waals surface area (Å²) in [5.74, 6) is 2.72. The molecule has 0 unspecified atom stereocenters. The summed E-state index contributed by atoms with van der Waals surface area (Å²) in [5, 5.41) is 2.86. The number of benzene rings is 1. The molecule has 1 aromatic heterocycles. The third-order valence-corrected chi connectivity index (χ3v) is 5.37. The third kappa shape index (κ3) is 5.16. The van der Waals surface area contributed by atoms with E-state index in [9.17, 15) is 4.79 Å². The quantitative estimate of drug-likeness (QED) is 0.596. The SMILES string of the molecule is COc1cccc(OC)c1OCc1nc(CN(CC(C)C)C(=O)C2CC2)cs1. The molecule has 1 saturated carbocycles. The molecule has 1 fully saturated rings. The van der Waals surface area contributed by atoms with Crippen LogP contribution in [0.1, 0.15) is 37.4 Å². The molecule has 1 aromatic carbocycles. The summed E-state index contributed by atoms with van der Waals surface area (Å²) in [4.78, 5) is 19.2. The molecule has 0 spiro atoms. The van der Waals surface area contributed by atoms with Crippen LogP contribution in [0.4, 0.5) is 0 Å². The predicted molar refractivity (Wildman–Crippen MR) is 109 cm³/mol. The van der Waals surface area contributed by atoms with Crippen LogP contribution in [-0.2, 0) is 17.9 Å². The number of nitrogens with zero attached hydrogens (tertiary/aromatic N) is 2. The average Bonchev–Trinajstić information content (AvgIpc) is 3.44. The summed E-state index contributed by atoms with van der Waals surface area (Å²) in [6.45, 7) is 5.91. The van der Waals surface area contributed by atoms with Crippen molar-refractivity contribution in [3.8, 4) is 17.2 Å². The van der Waals surface area contributed by atoms with Gasteiger partial charge in [-0.1, -0.05) is 19.9 Å². The average molecular weight is 405 g/mol. The molecule has 0 bridgehead atoms. The monoisotopic (exact) mass is 404 g/mol. The molecule has 0 radical (unpaired) electrons. The smallest absolute Gasteiger partial charge is 0.226 e. The van der Waals surface area contributed by atoms with Crippen LogP contribution in [0.25, 0.3) is 0 Å². The van der Waals surface area contributed by atoms with Gasteiger partial charge in [0.2, 0.25) is 11.7 Å². The van der Waals surface area contributed by atoms with Crippen molar-refractivity contribution in [3.05, 3.63) is 34.3 Å². The molecule has 1 aliphatic carbocycles. The van der Waals surface area contributed by atoms with Gasteiger partial charge in [0.15, 0.2) is 11.5 Å². The van der Waals surface area contributed by atoms with Crippen LogP contribution in [0.2, 0.25) is 0 Å². The Balaban J connectivity index is 1.64. The minimum Gasteiger partial charge on any atom is -0.493 e. The van der Waals surface area contributed by atoms with Crippen molar-refractivity contribution in [2.45, 2.75) is 39.8 Å². The zero-order valence-electron chi connectivity index (χ0n) is 16.9. The van der Waals surface area contributed by atoms with E-state index in [1.807, 2.05) is 28.5 Å². The molecule has 0 saturated heterocycles. The minimum atomic E-state index is 0.221. The van der Waals surface area contributed by atoms with Crippen molar-refractivity contribution in [1.82, 2.24) is 9.88 Å². The van der Waals surface area contributed by atoms with E-state index in [-0.39, 0.29) is 11.8 Å². The number of thiazole rings is 1. The molecular formula is C21H28N2O4S. The highest BCUT2D eigenvalue weighted by Gasteiger charge is 2.33. The van der Waals surface area contributed by atoms with Gasteiger partial charge in [-0.25, -0.2) is 4.98 Å². The Labute approximate surface area is 170 Å². The summed E-state index contributed by atoms with van der Waals surface area (Å²) in [5.41, 5.74) is 0.908. The van der Waals surface area contributed by atoms with Crippen molar-refractivity contribution < 1.29 is 19.0 Å². The maximum atomic E-state index is 12.6. The topological polar surface area (TPSA) is 60.9 Å². The Morgan fingerprint density at radius 2 is 1.93 bits per heavy atom. The first-order valence-corrected chi connectivity index (χ1v) is 10.5. The van der Waals surface area contributed by atoms with E-state index < -0.39 is 0 Å². The van der Waals surface area contributed by atoms with Crippen LogP contribution in [0.15, 0.2) is 23.6 Å². The molecule has 3 rings (SSSR count). The lowest BCUT2D eigenvalue weighted by Gasteiger charge is -2.23. The fourth-order valence-electron chi connectivity index (χ4n) is 3.04. The van der Waals surface area contributed by atoms with Gasteiger partial charge in [-0.05, 0) is 30.9 Å². The Hall–Kier alpha value is -2.28. The maximum Gasteiger partial charge on any atom is 0.226 e. The number of carbonyl (C=O) groups is 1. The minimum absolute atomic E-state index is 0.221. The van der Waals surface area contributed by atoms with Gasteiger partial charge in [0.05, 0.1) is 26.5 Å². The molecule has 152 valence electrons. The van der Waals surface area contributed by atoms with Crippen LogP contribution < -0.4 is 14.2 Å². The molecule has 6 nitrogen and oxygen atoms in total. The molecule has 0 atom stereocenters. The van der Waals surface area contributed by atoms with Crippen molar-refractivity contribution in [2.75, 3.05) is 20.8 Å².